The number of aryl methyl sites for hydroxylation is 2. The van der Waals surface area contributed by atoms with Gasteiger partial charge in [-0.3, -0.25) is 9.48 Å². The lowest BCUT2D eigenvalue weighted by molar-refractivity contribution is -0.121. The van der Waals surface area contributed by atoms with Crippen LogP contribution in [0.2, 0.25) is 0 Å². The fraction of sp³-hybridized carbons (Fsp3) is 0.733. The Morgan fingerprint density at radius 2 is 2.15 bits per heavy atom. The van der Waals surface area contributed by atoms with Gasteiger partial charge in [-0.05, 0) is 31.2 Å². The SMILES string of the molecule is CCc1nn(C)cc1CNC(=O)CCC(C)(C)CCN. The minimum Gasteiger partial charge on any atom is -0.352 e. The van der Waals surface area contributed by atoms with Crippen LogP contribution in [-0.2, 0) is 24.8 Å². The van der Waals surface area contributed by atoms with Crippen molar-refractivity contribution in [3.8, 4) is 0 Å². The quantitative estimate of drug-likeness (QED) is 0.762. The molecule has 1 aromatic heterocycles. The Hall–Kier alpha value is -1.36. The van der Waals surface area contributed by atoms with Crippen molar-refractivity contribution < 1.29 is 4.79 Å². The van der Waals surface area contributed by atoms with Crippen LogP contribution in [0.15, 0.2) is 6.20 Å². The van der Waals surface area contributed by atoms with Crippen molar-refractivity contribution in [3.63, 3.8) is 0 Å². The number of carbonyl (C=O) groups excluding carboxylic acids is 1. The molecule has 5 heteroatoms. The molecule has 0 saturated heterocycles. The van der Waals surface area contributed by atoms with Gasteiger partial charge in [0, 0.05) is 31.8 Å². The highest BCUT2D eigenvalue weighted by Crippen LogP contribution is 2.25. The predicted molar refractivity (Wildman–Crippen MR) is 81.1 cm³/mol. The molecule has 114 valence electrons. The average molecular weight is 280 g/mol. The van der Waals surface area contributed by atoms with E-state index in [4.69, 9.17) is 5.73 Å². The van der Waals surface area contributed by atoms with E-state index in [2.05, 4.69) is 31.2 Å². The molecule has 1 aromatic rings. The van der Waals surface area contributed by atoms with Crippen LogP contribution in [0.4, 0.5) is 0 Å². The lowest BCUT2D eigenvalue weighted by Crippen LogP contribution is -2.25. The first-order valence-electron chi connectivity index (χ1n) is 7.36. The van der Waals surface area contributed by atoms with E-state index in [-0.39, 0.29) is 11.3 Å². The van der Waals surface area contributed by atoms with Crippen LogP contribution in [0.25, 0.3) is 0 Å². The number of nitrogens with one attached hydrogen (secondary N) is 1. The molecular formula is C15H28N4O. The van der Waals surface area contributed by atoms with Gasteiger partial charge in [-0.25, -0.2) is 0 Å². The third-order valence-electron chi connectivity index (χ3n) is 3.65. The van der Waals surface area contributed by atoms with Crippen molar-refractivity contribution in [3.05, 3.63) is 17.5 Å². The third-order valence-corrected chi connectivity index (χ3v) is 3.65. The van der Waals surface area contributed by atoms with Crippen molar-refractivity contribution in [2.75, 3.05) is 6.54 Å². The molecule has 0 aliphatic rings. The molecule has 0 aliphatic carbocycles. The maximum Gasteiger partial charge on any atom is 0.220 e. The number of amides is 1. The summed E-state index contributed by atoms with van der Waals surface area (Å²) in [7, 11) is 1.90. The molecule has 5 nitrogen and oxygen atoms in total. The van der Waals surface area contributed by atoms with E-state index in [1.165, 1.54) is 0 Å². The standard InChI is InChI=1S/C15H28N4O/c1-5-13-12(11-19(4)18-13)10-17-14(20)6-7-15(2,3)8-9-16/h11H,5-10,16H2,1-4H3,(H,17,20). The van der Waals surface area contributed by atoms with E-state index in [1.807, 2.05) is 13.2 Å². The van der Waals surface area contributed by atoms with Gasteiger partial charge < -0.3 is 11.1 Å². The maximum absolute atomic E-state index is 11.9. The zero-order valence-electron chi connectivity index (χ0n) is 13.2. The Morgan fingerprint density at radius 3 is 2.75 bits per heavy atom. The molecule has 0 aromatic carbocycles. The molecule has 0 aliphatic heterocycles. The number of aromatic nitrogens is 2. The first kappa shape index (κ1) is 16.7. The lowest BCUT2D eigenvalue weighted by atomic mass is 9.84. The number of rotatable bonds is 8. The van der Waals surface area contributed by atoms with Gasteiger partial charge in [-0.15, -0.1) is 0 Å². The fourth-order valence-corrected chi connectivity index (χ4v) is 2.28. The first-order valence-corrected chi connectivity index (χ1v) is 7.36. The Labute approximate surface area is 121 Å². The number of hydrogen-bond acceptors (Lipinski definition) is 3. The van der Waals surface area contributed by atoms with Crippen LogP contribution in [0.3, 0.4) is 0 Å². The molecule has 0 radical (unpaired) electrons. The summed E-state index contributed by atoms with van der Waals surface area (Å²) in [6, 6.07) is 0. The van der Waals surface area contributed by atoms with Gasteiger partial charge in [0.15, 0.2) is 0 Å². The Bertz CT molecular complexity index is 437. The van der Waals surface area contributed by atoms with Crippen molar-refractivity contribution in [2.24, 2.45) is 18.2 Å². The molecule has 20 heavy (non-hydrogen) atoms. The van der Waals surface area contributed by atoms with Gasteiger partial charge in [-0.2, -0.15) is 5.10 Å². The minimum atomic E-state index is 0.0982. The Kier molecular flexibility index (Phi) is 6.20. The molecule has 0 atom stereocenters. The van der Waals surface area contributed by atoms with Gasteiger partial charge in [0.05, 0.1) is 5.69 Å². The van der Waals surface area contributed by atoms with Crippen molar-refractivity contribution >= 4 is 5.91 Å². The third kappa shape index (κ3) is 5.33. The summed E-state index contributed by atoms with van der Waals surface area (Å²) in [5.74, 6) is 0.0982. The highest BCUT2D eigenvalue weighted by atomic mass is 16.1. The largest absolute Gasteiger partial charge is 0.352 e. The monoisotopic (exact) mass is 280 g/mol. The summed E-state index contributed by atoms with van der Waals surface area (Å²) in [6.07, 6.45) is 5.22. The second kappa shape index (κ2) is 7.43. The molecular weight excluding hydrogens is 252 g/mol. The average Bonchev–Trinajstić information content (AvgIpc) is 2.74. The molecule has 0 saturated carbocycles. The molecule has 0 spiro atoms. The van der Waals surface area contributed by atoms with Crippen LogP contribution < -0.4 is 11.1 Å². The number of hydrogen-bond donors (Lipinski definition) is 2. The maximum atomic E-state index is 11.9. The van der Waals surface area contributed by atoms with Gasteiger partial charge in [0.2, 0.25) is 5.91 Å². The van der Waals surface area contributed by atoms with E-state index >= 15 is 0 Å². The zero-order chi connectivity index (χ0) is 15.2. The summed E-state index contributed by atoms with van der Waals surface area (Å²) >= 11 is 0. The van der Waals surface area contributed by atoms with E-state index in [0.29, 0.717) is 19.5 Å². The van der Waals surface area contributed by atoms with E-state index < -0.39 is 0 Å². The van der Waals surface area contributed by atoms with E-state index in [0.717, 1.165) is 30.5 Å². The normalized spacial score (nSPS) is 11.7. The summed E-state index contributed by atoms with van der Waals surface area (Å²) in [6.45, 7) is 7.62. The van der Waals surface area contributed by atoms with Gasteiger partial charge in [0.1, 0.15) is 0 Å². The summed E-state index contributed by atoms with van der Waals surface area (Å²) in [5.41, 5.74) is 7.87. The molecule has 1 rings (SSSR count). The van der Waals surface area contributed by atoms with Crippen LogP contribution in [-0.4, -0.2) is 22.2 Å². The summed E-state index contributed by atoms with van der Waals surface area (Å²) < 4.78 is 1.80. The van der Waals surface area contributed by atoms with E-state index in [9.17, 15) is 4.79 Å². The molecule has 3 N–H and O–H groups in total. The van der Waals surface area contributed by atoms with E-state index in [1.54, 1.807) is 4.68 Å². The van der Waals surface area contributed by atoms with Crippen molar-refractivity contribution in [1.82, 2.24) is 15.1 Å². The van der Waals surface area contributed by atoms with Crippen LogP contribution in [0, 0.1) is 5.41 Å². The highest BCUT2D eigenvalue weighted by molar-refractivity contribution is 5.75. The Morgan fingerprint density at radius 1 is 1.45 bits per heavy atom. The van der Waals surface area contributed by atoms with Gasteiger partial charge >= 0.3 is 0 Å². The predicted octanol–water partition coefficient (Wildman–Crippen LogP) is 1.75. The number of nitrogens with two attached hydrogens (primary N) is 1. The molecule has 0 fully saturated rings. The molecule has 0 bridgehead atoms. The first-order chi connectivity index (χ1) is 9.38. The fourth-order valence-electron chi connectivity index (χ4n) is 2.28. The molecule has 1 amide bonds. The van der Waals surface area contributed by atoms with Crippen molar-refractivity contribution in [2.45, 2.75) is 53.0 Å². The van der Waals surface area contributed by atoms with Crippen LogP contribution in [0.1, 0.15) is 51.3 Å². The van der Waals surface area contributed by atoms with Crippen LogP contribution in [0.5, 0.6) is 0 Å². The molecule has 0 unspecified atom stereocenters. The lowest BCUT2D eigenvalue weighted by Gasteiger charge is -2.23. The minimum absolute atomic E-state index is 0.0982. The zero-order valence-corrected chi connectivity index (χ0v) is 13.2. The van der Waals surface area contributed by atoms with Crippen molar-refractivity contribution in [1.29, 1.82) is 0 Å². The number of nitrogens with zero attached hydrogens (tertiary/aromatic N) is 2. The molecule has 1 heterocycles. The number of carbonyl (C=O) groups is 1. The topological polar surface area (TPSA) is 72.9 Å². The van der Waals surface area contributed by atoms with Crippen LogP contribution >= 0.6 is 0 Å². The highest BCUT2D eigenvalue weighted by Gasteiger charge is 2.18. The Balaban J connectivity index is 2.40. The van der Waals surface area contributed by atoms with Gasteiger partial charge in [-0.1, -0.05) is 20.8 Å². The second-order valence-electron chi connectivity index (χ2n) is 6.11. The summed E-state index contributed by atoms with van der Waals surface area (Å²) in [4.78, 5) is 11.9. The second-order valence-corrected chi connectivity index (χ2v) is 6.11. The smallest absolute Gasteiger partial charge is 0.220 e. The summed E-state index contributed by atoms with van der Waals surface area (Å²) in [5, 5.41) is 7.35. The van der Waals surface area contributed by atoms with Gasteiger partial charge in [0.25, 0.3) is 0 Å².